The van der Waals surface area contributed by atoms with Crippen LogP contribution in [0.3, 0.4) is 0 Å². The van der Waals surface area contributed by atoms with Crippen LogP contribution in [0.2, 0.25) is 0 Å². The lowest BCUT2D eigenvalue weighted by molar-refractivity contribution is -0.153. The summed E-state index contributed by atoms with van der Waals surface area (Å²) in [5.74, 6) is -0.245. The van der Waals surface area contributed by atoms with Crippen LogP contribution in [-0.4, -0.2) is 23.3 Å². The average molecular weight is 393 g/mol. The molecule has 0 saturated heterocycles. The van der Waals surface area contributed by atoms with Gasteiger partial charge >= 0.3 is 5.97 Å². The second kappa shape index (κ2) is 8.85. The number of carboxylic acid groups (broad SMARTS) is 1. The van der Waals surface area contributed by atoms with Crippen LogP contribution in [0.1, 0.15) is 25.0 Å². The van der Waals surface area contributed by atoms with E-state index in [4.69, 9.17) is 9.47 Å². The van der Waals surface area contributed by atoms with Crippen LogP contribution in [0, 0.1) is 0 Å². The fourth-order valence-electron chi connectivity index (χ4n) is 2.29. The van der Waals surface area contributed by atoms with Gasteiger partial charge in [0.2, 0.25) is 0 Å². The molecule has 0 aromatic heterocycles. The zero-order valence-corrected chi connectivity index (χ0v) is 15.3. The SMILES string of the molecule is CC(C)OC(Cc1cccc(OCc2cccc(Br)c2)c1)C(=O)O. The molecule has 1 N–H and O–H groups in total. The van der Waals surface area contributed by atoms with Crippen LogP contribution in [0.4, 0.5) is 0 Å². The van der Waals surface area contributed by atoms with Gasteiger partial charge in [-0.25, -0.2) is 4.79 Å². The van der Waals surface area contributed by atoms with E-state index in [1.54, 1.807) is 0 Å². The first-order chi connectivity index (χ1) is 11.4. The summed E-state index contributed by atoms with van der Waals surface area (Å²) in [5.41, 5.74) is 1.93. The molecule has 0 saturated carbocycles. The first-order valence-electron chi connectivity index (χ1n) is 7.78. The van der Waals surface area contributed by atoms with Gasteiger partial charge in [-0.15, -0.1) is 0 Å². The summed E-state index contributed by atoms with van der Waals surface area (Å²) in [6.07, 6.45) is -0.686. The summed E-state index contributed by atoms with van der Waals surface area (Å²) in [6, 6.07) is 15.4. The van der Waals surface area contributed by atoms with Gasteiger partial charge in [0, 0.05) is 10.9 Å². The molecule has 24 heavy (non-hydrogen) atoms. The average Bonchev–Trinajstić information content (AvgIpc) is 2.52. The lowest BCUT2D eigenvalue weighted by Gasteiger charge is -2.17. The van der Waals surface area contributed by atoms with Crippen LogP contribution in [0.25, 0.3) is 0 Å². The predicted molar refractivity (Wildman–Crippen MR) is 96.3 cm³/mol. The Balaban J connectivity index is 2.01. The molecule has 0 bridgehead atoms. The third kappa shape index (κ3) is 5.98. The van der Waals surface area contributed by atoms with Crippen LogP contribution in [0.15, 0.2) is 53.0 Å². The van der Waals surface area contributed by atoms with Crippen molar-refractivity contribution in [1.82, 2.24) is 0 Å². The van der Waals surface area contributed by atoms with Crippen molar-refractivity contribution in [2.24, 2.45) is 0 Å². The molecular weight excluding hydrogens is 372 g/mol. The Morgan fingerprint density at radius 2 is 1.83 bits per heavy atom. The lowest BCUT2D eigenvalue weighted by Crippen LogP contribution is -2.29. The second-order valence-electron chi connectivity index (χ2n) is 5.78. The summed E-state index contributed by atoms with van der Waals surface area (Å²) in [4.78, 5) is 11.3. The van der Waals surface area contributed by atoms with Crippen molar-refractivity contribution < 1.29 is 19.4 Å². The number of halogens is 1. The molecular formula is C19H21BrO4. The molecule has 4 nitrogen and oxygen atoms in total. The molecule has 0 radical (unpaired) electrons. The third-order valence-corrected chi connectivity index (χ3v) is 3.82. The van der Waals surface area contributed by atoms with Gasteiger partial charge in [0.15, 0.2) is 6.10 Å². The maximum absolute atomic E-state index is 11.3. The summed E-state index contributed by atoms with van der Waals surface area (Å²) in [6.45, 7) is 4.11. The highest BCUT2D eigenvalue weighted by Crippen LogP contribution is 2.19. The number of ether oxygens (including phenoxy) is 2. The van der Waals surface area contributed by atoms with E-state index < -0.39 is 12.1 Å². The number of carbonyl (C=O) groups is 1. The van der Waals surface area contributed by atoms with Gasteiger partial charge in [0.25, 0.3) is 0 Å². The van der Waals surface area contributed by atoms with E-state index in [2.05, 4.69) is 15.9 Å². The number of hydrogen-bond donors (Lipinski definition) is 1. The smallest absolute Gasteiger partial charge is 0.333 e. The van der Waals surface area contributed by atoms with E-state index in [1.165, 1.54) is 0 Å². The van der Waals surface area contributed by atoms with E-state index in [1.807, 2.05) is 62.4 Å². The zero-order chi connectivity index (χ0) is 17.5. The van der Waals surface area contributed by atoms with Gasteiger partial charge in [-0.05, 0) is 49.2 Å². The second-order valence-corrected chi connectivity index (χ2v) is 6.70. The van der Waals surface area contributed by atoms with Crippen LogP contribution in [0.5, 0.6) is 5.75 Å². The Morgan fingerprint density at radius 3 is 2.50 bits per heavy atom. The zero-order valence-electron chi connectivity index (χ0n) is 13.7. The fraction of sp³-hybridized carbons (Fsp3) is 0.316. The van der Waals surface area contributed by atoms with Crippen molar-refractivity contribution in [3.8, 4) is 5.75 Å². The molecule has 0 aliphatic carbocycles. The van der Waals surface area contributed by atoms with E-state index in [9.17, 15) is 9.90 Å². The fourth-order valence-corrected chi connectivity index (χ4v) is 2.74. The lowest BCUT2D eigenvalue weighted by atomic mass is 10.1. The van der Waals surface area contributed by atoms with E-state index in [0.717, 1.165) is 15.6 Å². The van der Waals surface area contributed by atoms with Crippen molar-refractivity contribution in [2.75, 3.05) is 0 Å². The van der Waals surface area contributed by atoms with Gasteiger partial charge in [0.1, 0.15) is 12.4 Å². The maximum Gasteiger partial charge on any atom is 0.333 e. The summed E-state index contributed by atoms with van der Waals surface area (Å²) >= 11 is 3.44. The number of aliphatic carboxylic acids is 1. The molecule has 1 atom stereocenters. The van der Waals surface area contributed by atoms with Crippen molar-refractivity contribution in [3.05, 3.63) is 64.1 Å². The van der Waals surface area contributed by atoms with Crippen molar-refractivity contribution in [1.29, 1.82) is 0 Å². The highest BCUT2D eigenvalue weighted by Gasteiger charge is 2.20. The Hall–Kier alpha value is -1.85. The summed E-state index contributed by atoms with van der Waals surface area (Å²) in [7, 11) is 0. The monoisotopic (exact) mass is 392 g/mol. The molecule has 5 heteroatoms. The highest BCUT2D eigenvalue weighted by atomic mass is 79.9. The predicted octanol–water partition coefficient (Wildman–Crippen LogP) is 4.45. The van der Waals surface area contributed by atoms with Crippen molar-refractivity contribution >= 4 is 21.9 Å². The minimum Gasteiger partial charge on any atom is -0.489 e. The first kappa shape index (κ1) is 18.5. The Labute approximate surface area is 150 Å². The number of hydrogen-bond acceptors (Lipinski definition) is 3. The molecule has 0 spiro atoms. The molecule has 0 aliphatic rings. The quantitative estimate of drug-likeness (QED) is 0.720. The molecule has 0 aliphatic heterocycles. The van der Waals surface area contributed by atoms with Crippen LogP contribution in [-0.2, 0) is 22.6 Å². The number of carboxylic acids is 1. The number of rotatable bonds is 8. The molecule has 128 valence electrons. The van der Waals surface area contributed by atoms with Crippen molar-refractivity contribution in [2.45, 2.75) is 39.1 Å². The van der Waals surface area contributed by atoms with Crippen LogP contribution >= 0.6 is 15.9 Å². The van der Waals surface area contributed by atoms with Gasteiger partial charge < -0.3 is 14.6 Å². The van der Waals surface area contributed by atoms with E-state index in [-0.39, 0.29) is 6.10 Å². The Bertz CT molecular complexity index is 685. The van der Waals surface area contributed by atoms with Crippen molar-refractivity contribution in [3.63, 3.8) is 0 Å². The summed E-state index contributed by atoms with van der Waals surface area (Å²) in [5, 5.41) is 9.27. The third-order valence-electron chi connectivity index (χ3n) is 3.33. The minimum absolute atomic E-state index is 0.137. The standard InChI is InChI=1S/C19H21BrO4/c1-13(2)24-18(19(21)22)11-14-5-4-8-17(10-14)23-12-15-6-3-7-16(20)9-15/h3-10,13,18H,11-12H2,1-2H3,(H,21,22). The summed E-state index contributed by atoms with van der Waals surface area (Å²) < 4.78 is 12.3. The Kier molecular flexibility index (Phi) is 6.82. The van der Waals surface area contributed by atoms with E-state index in [0.29, 0.717) is 18.8 Å². The molecule has 2 rings (SSSR count). The first-order valence-corrected chi connectivity index (χ1v) is 8.58. The molecule has 1 unspecified atom stereocenters. The molecule has 2 aromatic carbocycles. The molecule has 0 fully saturated rings. The van der Waals surface area contributed by atoms with Gasteiger partial charge in [-0.3, -0.25) is 0 Å². The Morgan fingerprint density at radius 1 is 1.12 bits per heavy atom. The number of benzene rings is 2. The van der Waals surface area contributed by atoms with Gasteiger partial charge in [-0.2, -0.15) is 0 Å². The highest BCUT2D eigenvalue weighted by molar-refractivity contribution is 9.10. The topological polar surface area (TPSA) is 55.8 Å². The molecule has 2 aromatic rings. The van der Waals surface area contributed by atoms with E-state index >= 15 is 0 Å². The largest absolute Gasteiger partial charge is 0.489 e. The molecule has 0 amide bonds. The van der Waals surface area contributed by atoms with Crippen LogP contribution < -0.4 is 4.74 Å². The minimum atomic E-state index is -0.954. The normalized spacial score (nSPS) is 12.2. The van der Waals surface area contributed by atoms with Gasteiger partial charge in [0.05, 0.1) is 6.10 Å². The maximum atomic E-state index is 11.3. The van der Waals surface area contributed by atoms with Gasteiger partial charge in [-0.1, -0.05) is 40.2 Å². The molecule has 0 heterocycles.